The molecule has 1 heterocycles. The van der Waals surface area contributed by atoms with Crippen LogP contribution in [-0.4, -0.2) is 18.0 Å². The third-order valence-corrected chi connectivity index (χ3v) is 4.27. The van der Waals surface area contributed by atoms with Crippen molar-refractivity contribution >= 4 is 22.9 Å². The van der Waals surface area contributed by atoms with Gasteiger partial charge in [0.15, 0.2) is 0 Å². The minimum Gasteiger partial charge on any atom is -0.495 e. The van der Waals surface area contributed by atoms with Crippen LogP contribution in [-0.2, 0) is 0 Å². The summed E-state index contributed by atoms with van der Waals surface area (Å²) in [5.74, 6) is 0.362. The lowest BCUT2D eigenvalue weighted by molar-refractivity contribution is 0.102. The van der Waals surface area contributed by atoms with Crippen LogP contribution in [0, 0.1) is 0 Å². The molecule has 2 rings (SSSR count). The molecule has 0 saturated heterocycles. The Morgan fingerprint density at radius 2 is 2.23 bits per heavy atom. The number of unbranched alkanes of at least 4 members (excludes halogenated alkanes) is 1. The van der Waals surface area contributed by atoms with Crippen molar-refractivity contribution in [3.63, 3.8) is 0 Å². The Morgan fingerprint density at radius 1 is 1.45 bits per heavy atom. The highest BCUT2D eigenvalue weighted by atomic mass is 32.1. The van der Waals surface area contributed by atoms with Crippen molar-refractivity contribution in [1.29, 1.82) is 0 Å². The topological polar surface area (TPSA) is 77.2 Å². The Morgan fingerprint density at radius 3 is 2.95 bits per heavy atom. The van der Waals surface area contributed by atoms with Crippen LogP contribution in [0.2, 0.25) is 0 Å². The first-order valence-electron chi connectivity index (χ1n) is 7.31. The number of hydrogen-bond acceptors (Lipinski definition) is 5. The summed E-state index contributed by atoms with van der Waals surface area (Å²) in [7, 11) is 1.57. The van der Waals surface area contributed by atoms with Gasteiger partial charge in [0.2, 0.25) is 0 Å². The van der Waals surface area contributed by atoms with Crippen molar-refractivity contribution in [2.45, 2.75) is 32.2 Å². The van der Waals surface area contributed by atoms with Gasteiger partial charge in [-0.2, -0.15) is 0 Å². The number of aromatic nitrogens is 1. The van der Waals surface area contributed by atoms with Crippen molar-refractivity contribution in [3.8, 4) is 5.75 Å². The summed E-state index contributed by atoms with van der Waals surface area (Å²) >= 11 is 1.43. The van der Waals surface area contributed by atoms with Gasteiger partial charge in [0.1, 0.15) is 16.5 Å². The van der Waals surface area contributed by atoms with Crippen LogP contribution < -0.4 is 15.8 Å². The number of rotatable bonds is 7. The quantitative estimate of drug-likeness (QED) is 0.817. The highest BCUT2D eigenvalue weighted by molar-refractivity contribution is 7.09. The Bertz CT molecular complexity index is 627. The number of anilines is 1. The molecule has 0 aliphatic heterocycles. The van der Waals surface area contributed by atoms with Gasteiger partial charge >= 0.3 is 0 Å². The predicted octanol–water partition coefficient (Wildman–Crippen LogP) is 3.59. The first kappa shape index (κ1) is 16.5. The van der Waals surface area contributed by atoms with E-state index in [1.165, 1.54) is 11.3 Å². The second-order valence-electron chi connectivity index (χ2n) is 4.97. The third kappa shape index (κ3) is 4.05. The van der Waals surface area contributed by atoms with E-state index in [4.69, 9.17) is 10.5 Å². The molecule has 22 heavy (non-hydrogen) atoms. The summed E-state index contributed by atoms with van der Waals surface area (Å²) in [5, 5.41) is 5.36. The van der Waals surface area contributed by atoms with Gasteiger partial charge in [-0.05, 0) is 18.6 Å². The molecular weight excluding hydrogens is 298 g/mol. The number of benzene rings is 1. The number of ether oxygens (including phenoxy) is 1. The van der Waals surface area contributed by atoms with E-state index in [2.05, 4.69) is 17.2 Å². The fourth-order valence-corrected chi connectivity index (χ4v) is 2.88. The van der Waals surface area contributed by atoms with Crippen molar-refractivity contribution in [2.24, 2.45) is 5.73 Å². The van der Waals surface area contributed by atoms with Crippen LogP contribution in [0.3, 0.4) is 0 Å². The molecule has 1 atom stereocenters. The van der Waals surface area contributed by atoms with E-state index in [0.29, 0.717) is 17.1 Å². The van der Waals surface area contributed by atoms with E-state index in [0.717, 1.165) is 24.3 Å². The number of nitrogens with one attached hydrogen (secondary N) is 1. The fraction of sp³-hybridized carbons (Fsp3) is 0.375. The zero-order valence-corrected chi connectivity index (χ0v) is 13.7. The first-order chi connectivity index (χ1) is 10.7. The van der Waals surface area contributed by atoms with E-state index in [1.807, 2.05) is 12.1 Å². The van der Waals surface area contributed by atoms with E-state index >= 15 is 0 Å². The minimum atomic E-state index is -0.255. The van der Waals surface area contributed by atoms with Crippen molar-refractivity contribution in [3.05, 3.63) is 40.3 Å². The maximum absolute atomic E-state index is 12.3. The van der Waals surface area contributed by atoms with Gasteiger partial charge in [-0.1, -0.05) is 31.9 Å². The Labute approximate surface area is 134 Å². The van der Waals surface area contributed by atoms with Crippen molar-refractivity contribution < 1.29 is 9.53 Å². The first-order valence-corrected chi connectivity index (χ1v) is 8.19. The normalized spacial score (nSPS) is 12.0. The maximum Gasteiger partial charge on any atom is 0.275 e. The maximum atomic E-state index is 12.3. The average molecular weight is 319 g/mol. The lowest BCUT2D eigenvalue weighted by atomic mass is 10.1. The molecule has 0 aliphatic rings. The summed E-state index contributed by atoms with van der Waals surface area (Å²) < 4.78 is 5.22. The number of methoxy groups -OCH3 is 1. The molecule has 118 valence electrons. The number of para-hydroxylation sites is 2. The smallest absolute Gasteiger partial charge is 0.275 e. The van der Waals surface area contributed by atoms with E-state index in [1.54, 1.807) is 24.6 Å². The monoisotopic (exact) mass is 319 g/mol. The largest absolute Gasteiger partial charge is 0.495 e. The predicted molar refractivity (Wildman–Crippen MR) is 89.5 cm³/mol. The second-order valence-corrected chi connectivity index (χ2v) is 5.86. The molecular formula is C16H21N3O2S. The second kappa shape index (κ2) is 7.91. The molecule has 0 saturated carbocycles. The van der Waals surface area contributed by atoms with Crippen LogP contribution >= 0.6 is 11.3 Å². The lowest BCUT2D eigenvalue weighted by Gasteiger charge is -2.09. The number of carbonyl (C=O) groups is 1. The highest BCUT2D eigenvalue weighted by Gasteiger charge is 2.16. The Kier molecular flexibility index (Phi) is 5.91. The molecule has 1 amide bonds. The van der Waals surface area contributed by atoms with Gasteiger partial charge in [-0.15, -0.1) is 11.3 Å². The molecule has 3 N–H and O–H groups in total. The molecule has 1 unspecified atom stereocenters. The average Bonchev–Trinajstić information content (AvgIpc) is 3.03. The summed E-state index contributed by atoms with van der Waals surface area (Å²) in [5.41, 5.74) is 7.10. The Hall–Kier alpha value is -1.92. The van der Waals surface area contributed by atoms with Gasteiger partial charge in [0, 0.05) is 5.38 Å². The number of thiazole rings is 1. The molecule has 0 spiro atoms. The highest BCUT2D eigenvalue weighted by Crippen LogP contribution is 2.25. The number of amides is 1. The van der Waals surface area contributed by atoms with Gasteiger partial charge in [0.05, 0.1) is 18.8 Å². The number of nitrogens with zero attached hydrogens (tertiary/aromatic N) is 1. The molecule has 6 heteroatoms. The standard InChI is InChI=1S/C16H21N3O2S/c1-3-4-7-11(17)16-19-13(10-22-16)15(20)18-12-8-5-6-9-14(12)21-2/h5-6,8-11H,3-4,7,17H2,1-2H3,(H,18,20). The molecule has 1 aromatic heterocycles. The van der Waals surface area contributed by atoms with E-state index in [-0.39, 0.29) is 11.9 Å². The van der Waals surface area contributed by atoms with Crippen LogP contribution in [0.4, 0.5) is 5.69 Å². The minimum absolute atomic E-state index is 0.0993. The molecule has 0 radical (unpaired) electrons. The van der Waals surface area contributed by atoms with Gasteiger partial charge in [0.25, 0.3) is 5.91 Å². The number of hydrogen-bond donors (Lipinski definition) is 2. The zero-order chi connectivity index (χ0) is 15.9. The van der Waals surface area contributed by atoms with Crippen LogP contribution in [0.15, 0.2) is 29.6 Å². The summed E-state index contributed by atoms with van der Waals surface area (Å²) in [6, 6.07) is 7.17. The molecule has 2 aromatic rings. The van der Waals surface area contributed by atoms with Crippen LogP contribution in [0.25, 0.3) is 0 Å². The van der Waals surface area contributed by atoms with Gasteiger partial charge in [-0.3, -0.25) is 4.79 Å². The molecule has 5 nitrogen and oxygen atoms in total. The lowest BCUT2D eigenvalue weighted by Crippen LogP contribution is -2.14. The van der Waals surface area contributed by atoms with E-state index < -0.39 is 0 Å². The van der Waals surface area contributed by atoms with Gasteiger partial charge in [-0.25, -0.2) is 4.98 Å². The van der Waals surface area contributed by atoms with Crippen molar-refractivity contribution in [2.75, 3.05) is 12.4 Å². The Balaban J connectivity index is 2.06. The summed E-state index contributed by atoms with van der Waals surface area (Å²) in [4.78, 5) is 16.6. The van der Waals surface area contributed by atoms with Crippen LogP contribution in [0.1, 0.15) is 47.7 Å². The van der Waals surface area contributed by atoms with E-state index in [9.17, 15) is 4.79 Å². The molecule has 1 aromatic carbocycles. The molecule has 0 aliphatic carbocycles. The van der Waals surface area contributed by atoms with Gasteiger partial charge < -0.3 is 15.8 Å². The molecule has 0 bridgehead atoms. The fourth-order valence-electron chi connectivity index (χ4n) is 2.04. The molecule has 0 fully saturated rings. The zero-order valence-electron chi connectivity index (χ0n) is 12.8. The SMILES string of the molecule is CCCCC(N)c1nc(C(=O)Nc2ccccc2OC)cs1. The van der Waals surface area contributed by atoms with Crippen LogP contribution in [0.5, 0.6) is 5.75 Å². The number of nitrogens with two attached hydrogens (primary N) is 1. The summed E-state index contributed by atoms with van der Waals surface area (Å²) in [6.45, 7) is 2.13. The number of carbonyl (C=O) groups excluding carboxylic acids is 1. The summed E-state index contributed by atoms with van der Waals surface area (Å²) in [6.07, 6.45) is 3.04. The third-order valence-electron chi connectivity index (χ3n) is 3.30. The van der Waals surface area contributed by atoms with Crippen molar-refractivity contribution in [1.82, 2.24) is 4.98 Å².